The molecule has 5 heteroatoms. The van der Waals surface area contributed by atoms with E-state index in [4.69, 9.17) is 4.74 Å². The fourth-order valence-corrected chi connectivity index (χ4v) is 2.04. The summed E-state index contributed by atoms with van der Waals surface area (Å²) in [7, 11) is 0. The fraction of sp³-hybridized carbons (Fsp3) is 0.583. The molecule has 2 heterocycles. The highest BCUT2D eigenvalue weighted by Gasteiger charge is 2.71. The summed E-state index contributed by atoms with van der Waals surface area (Å²) in [4.78, 5) is 35.3. The standard InChI is InChI=1S/C12H15NO4/c1-6(2)4-8(14)10-12(17-10)9(15)5-7(3)13-11(12)16/h5-6,10H,4H2,1-3H3,(H,13,16)/t10-,12-/m1/s1. The topological polar surface area (TPSA) is 75.8 Å². The third-order valence-electron chi connectivity index (χ3n) is 2.88. The summed E-state index contributed by atoms with van der Waals surface area (Å²) in [5, 5.41) is 2.52. The minimum Gasteiger partial charge on any atom is -0.339 e. The van der Waals surface area contributed by atoms with Gasteiger partial charge >= 0.3 is 0 Å². The normalized spacial score (nSPS) is 31.5. The zero-order chi connectivity index (χ0) is 12.8. The lowest BCUT2D eigenvalue weighted by Crippen LogP contribution is -2.48. The second kappa shape index (κ2) is 3.77. The van der Waals surface area contributed by atoms with E-state index in [0.29, 0.717) is 12.1 Å². The van der Waals surface area contributed by atoms with Crippen LogP contribution in [0.4, 0.5) is 0 Å². The van der Waals surface area contributed by atoms with Gasteiger partial charge in [0.15, 0.2) is 11.9 Å². The molecule has 2 atom stereocenters. The molecule has 0 bridgehead atoms. The van der Waals surface area contributed by atoms with Gasteiger partial charge in [0.05, 0.1) is 0 Å². The number of rotatable bonds is 3. The summed E-state index contributed by atoms with van der Waals surface area (Å²) < 4.78 is 5.13. The predicted octanol–water partition coefficient (Wildman–Crippen LogP) is 0.342. The van der Waals surface area contributed by atoms with Crippen LogP contribution in [0.5, 0.6) is 0 Å². The van der Waals surface area contributed by atoms with Gasteiger partial charge in [-0.05, 0) is 12.8 Å². The lowest BCUT2D eigenvalue weighted by Gasteiger charge is -2.16. The van der Waals surface area contributed by atoms with E-state index in [1.807, 2.05) is 13.8 Å². The van der Waals surface area contributed by atoms with Gasteiger partial charge in [-0.15, -0.1) is 0 Å². The van der Waals surface area contributed by atoms with Crippen molar-refractivity contribution in [1.82, 2.24) is 5.32 Å². The van der Waals surface area contributed by atoms with Crippen molar-refractivity contribution in [2.75, 3.05) is 0 Å². The second-order valence-corrected chi connectivity index (χ2v) is 4.94. The molecule has 0 aliphatic carbocycles. The van der Waals surface area contributed by atoms with Gasteiger partial charge in [0, 0.05) is 18.2 Å². The van der Waals surface area contributed by atoms with Crippen LogP contribution < -0.4 is 5.32 Å². The van der Waals surface area contributed by atoms with Gasteiger partial charge in [-0.25, -0.2) is 0 Å². The Morgan fingerprint density at radius 3 is 2.71 bits per heavy atom. The van der Waals surface area contributed by atoms with Crippen LogP contribution in [-0.2, 0) is 19.1 Å². The molecule has 1 fully saturated rings. The third-order valence-corrected chi connectivity index (χ3v) is 2.88. The lowest BCUT2D eigenvalue weighted by atomic mass is 9.90. The molecule has 1 spiro atoms. The Morgan fingerprint density at radius 1 is 1.53 bits per heavy atom. The molecule has 1 saturated heterocycles. The molecule has 0 saturated carbocycles. The zero-order valence-corrected chi connectivity index (χ0v) is 10.1. The Kier molecular flexibility index (Phi) is 2.66. The van der Waals surface area contributed by atoms with Crippen molar-refractivity contribution in [2.45, 2.75) is 38.9 Å². The van der Waals surface area contributed by atoms with E-state index >= 15 is 0 Å². The van der Waals surface area contributed by atoms with Crippen molar-refractivity contribution in [2.24, 2.45) is 5.92 Å². The number of hydrogen-bond donors (Lipinski definition) is 1. The van der Waals surface area contributed by atoms with E-state index in [0.717, 1.165) is 0 Å². The Bertz CT molecular complexity index is 438. The summed E-state index contributed by atoms with van der Waals surface area (Å²) >= 11 is 0. The molecule has 92 valence electrons. The SMILES string of the molecule is CC1=CC(=O)[C@]2(O[C@@H]2C(=O)CC(C)C)C(=O)N1. The van der Waals surface area contributed by atoms with Crippen LogP contribution in [0.3, 0.4) is 0 Å². The van der Waals surface area contributed by atoms with Gasteiger partial charge < -0.3 is 10.1 Å². The van der Waals surface area contributed by atoms with Crippen LogP contribution in [0.1, 0.15) is 27.2 Å². The minimum atomic E-state index is -1.56. The van der Waals surface area contributed by atoms with E-state index in [9.17, 15) is 14.4 Å². The number of hydrogen-bond acceptors (Lipinski definition) is 4. The predicted molar refractivity (Wildman–Crippen MR) is 59.0 cm³/mol. The zero-order valence-electron chi connectivity index (χ0n) is 10.1. The molecule has 2 aliphatic rings. The number of amides is 1. The average Bonchev–Trinajstić information content (AvgIpc) is 2.89. The summed E-state index contributed by atoms with van der Waals surface area (Å²) in [6, 6.07) is 0. The molecular formula is C12H15NO4. The first-order chi connectivity index (χ1) is 7.87. The van der Waals surface area contributed by atoms with Crippen molar-refractivity contribution in [3.63, 3.8) is 0 Å². The first-order valence-electron chi connectivity index (χ1n) is 5.62. The lowest BCUT2D eigenvalue weighted by molar-refractivity contribution is -0.134. The van der Waals surface area contributed by atoms with Crippen molar-refractivity contribution in [1.29, 1.82) is 0 Å². The van der Waals surface area contributed by atoms with Crippen LogP contribution in [-0.4, -0.2) is 29.2 Å². The van der Waals surface area contributed by atoms with E-state index in [1.54, 1.807) is 6.92 Å². The molecule has 17 heavy (non-hydrogen) atoms. The molecule has 0 radical (unpaired) electrons. The molecule has 0 aromatic carbocycles. The van der Waals surface area contributed by atoms with Crippen LogP contribution in [0.2, 0.25) is 0 Å². The van der Waals surface area contributed by atoms with Crippen molar-refractivity contribution >= 4 is 17.5 Å². The highest BCUT2D eigenvalue weighted by molar-refractivity contribution is 6.23. The molecule has 0 unspecified atom stereocenters. The number of nitrogens with one attached hydrogen (secondary N) is 1. The number of Topliss-reactive ketones (excluding diaryl/α,β-unsaturated/α-hetero) is 1. The van der Waals surface area contributed by atoms with Crippen LogP contribution in [0, 0.1) is 5.92 Å². The van der Waals surface area contributed by atoms with E-state index < -0.39 is 23.4 Å². The molecule has 2 aliphatic heterocycles. The summed E-state index contributed by atoms with van der Waals surface area (Å²) in [5.74, 6) is -0.954. The summed E-state index contributed by atoms with van der Waals surface area (Å²) in [6.07, 6.45) is 0.724. The third kappa shape index (κ3) is 1.80. The highest BCUT2D eigenvalue weighted by Crippen LogP contribution is 2.41. The van der Waals surface area contributed by atoms with Crippen LogP contribution in [0.15, 0.2) is 11.8 Å². The molecule has 1 amide bonds. The molecule has 1 N–H and O–H groups in total. The Labute approximate surface area is 99.2 Å². The maximum absolute atomic E-state index is 11.8. The first-order valence-corrected chi connectivity index (χ1v) is 5.62. The first kappa shape index (κ1) is 12.0. The molecule has 0 aromatic heterocycles. The van der Waals surface area contributed by atoms with Crippen LogP contribution in [0.25, 0.3) is 0 Å². The second-order valence-electron chi connectivity index (χ2n) is 4.94. The smallest absolute Gasteiger partial charge is 0.267 e. The van der Waals surface area contributed by atoms with Crippen molar-refractivity contribution < 1.29 is 19.1 Å². The van der Waals surface area contributed by atoms with Gasteiger partial charge in [-0.2, -0.15) is 0 Å². The molecule has 5 nitrogen and oxygen atoms in total. The number of allylic oxidation sites excluding steroid dienone is 1. The van der Waals surface area contributed by atoms with E-state index in [1.165, 1.54) is 6.08 Å². The van der Waals surface area contributed by atoms with E-state index in [-0.39, 0.29) is 11.7 Å². The molecule has 0 aromatic rings. The minimum absolute atomic E-state index is 0.183. The summed E-state index contributed by atoms with van der Waals surface area (Å²) in [5.41, 5.74) is -1.08. The number of carbonyl (C=O) groups is 3. The van der Waals surface area contributed by atoms with E-state index in [2.05, 4.69) is 5.32 Å². The summed E-state index contributed by atoms with van der Waals surface area (Å²) in [6.45, 7) is 5.43. The quantitative estimate of drug-likeness (QED) is 0.567. The van der Waals surface area contributed by atoms with Gasteiger partial charge in [0.25, 0.3) is 5.91 Å². The molecular weight excluding hydrogens is 222 g/mol. The highest BCUT2D eigenvalue weighted by atomic mass is 16.6. The van der Waals surface area contributed by atoms with Gasteiger partial charge in [-0.3, -0.25) is 14.4 Å². The number of carbonyl (C=O) groups excluding carboxylic acids is 3. The van der Waals surface area contributed by atoms with Crippen LogP contribution >= 0.6 is 0 Å². The van der Waals surface area contributed by atoms with Gasteiger partial charge in [-0.1, -0.05) is 13.8 Å². The van der Waals surface area contributed by atoms with Gasteiger partial charge in [0.1, 0.15) is 0 Å². The largest absolute Gasteiger partial charge is 0.339 e. The number of epoxide rings is 1. The van der Waals surface area contributed by atoms with Gasteiger partial charge in [0.2, 0.25) is 11.4 Å². The fourth-order valence-electron chi connectivity index (χ4n) is 2.04. The maximum Gasteiger partial charge on any atom is 0.267 e. The Morgan fingerprint density at radius 2 is 2.18 bits per heavy atom. The van der Waals surface area contributed by atoms with Crippen molar-refractivity contribution in [3.8, 4) is 0 Å². The number of ether oxygens (including phenoxy) is 1. The number of ketones is 2. The average molecular weight is 237 g/mol. The monoisotopic (exact) mass is 237 g/mol. The Hall–Kier alpha value is -1.49. The maximum atomic E-state index is 11.8. The van der Waals surface area contributed by atoms with Crippen molar-refractivity contribution in [3.05, 3.63) is 11.8 Å². The molecule has 2 rings (SSSR count). The Balaban J connectivity index is 2.17.